The molecular formula is C17H32N2O2. The number of amides is 2. The van der Waals surface area contributed by atoms with Crippen molar-refractivity contribution in [1.29, 1.82) is 0 Å². The molecule has 21 heavy (non-hydrogen) atoms. The first-order valence-corrected chi connectivity index (χ1v) is 8.18. The van der Waals surface area contributed by atoms with Crippen LogP contribution in [-0.4, -0.2) is 34.8 Å². The molecule has 1 heterocycles. The van der Waals surface area contributed by atoms with Gasteiger partial charge in [0.1, 0.15) is 12.1 Å². The lowest BCUT2D eigenvalue weighted by Crippen LogP contribution is -2.67. The zero-order chi connectivity index (χ0) is 16.4. The van der Waals surface area contributed by atoms with E-state index in [9.17, 15) is 9.59 Å². The normalized spacial score (nSPS) is 25.2. The molecule has 0 saturated carbocycles. The van der Waals surface area contributed by atoms with Crippen LogP contribution in [0.4, 0.5) is 0 Å². The molecule has 2 amide bonds. The molecule has 1 saturated heterocycles. The first kappa shape index (κ1) is 18.0. The van der Waals surface area contributed by atoms with Crippen LogP contribution in [0.2, 0.25) is 0 Å². The lowest BCUT2D eigenvalue weighted by Gasteiger charge is -2.45. The molecule has 0 aromatic rings. The average molecular weight is 296 g/mol. The second kappa shape index (κ2) is 6.80. The van der Waals surface area contributed by atoms with Crippen LogP contribution < -0.4 is 5.32 Å². The highest BCUT2D eigenvalue weighted by Gasteiger charge is 2.44. The Bertz CT molecular complexity index is 385. The third-order valence-electron chi connectivity index (χ3n) is 4.33. The predicted octanol–water partition coefficient (Wildman–Crippen LogP) is 2.96. The Morgan fingerprint density at radius 2 is 1.71 bits per heavy atom. The van der Waals surface area contributed by atoms with Gasteiger partial charge in [-0.15, -0.1) is 0 Å². The predicted molar refractivity (Wildman–Crippen MR) is 85.8 cm³/mol. The van der Waals surface area contributed by atoms with Gasteiger partial charge < -0.3 is 10.2 Å². The highest BCUT2D eigenvalue weighted by Crippen LogP contribution is 2.27. The van der Waals surface area contributed by atoms with Crippen molar-refractivity contribution < 1.29 is 9.59 Å². The van der Waals surface area contributed by atoms with Crippen molar-refractivity contribution in [3.05, 3.63) is 0 Å². The molecule has 1 aliphatic rings. The molecule has 0 aromatic carbocycles. The van der Waals surface area contributed by atoms with Crippen LogP contribution in [0, 0.1) is 11.3 Å². The Hall–Kier alpha value is -1.06. The third-order valence-corrected chi connectivity index (χ3v) is 4.33. The zero-order valence-corrected chi connectivity index (χ0v) is 14.7. The summed E-state index contributed by atoms with van der Waals surface area (Å²) in [6.07, 6.45) is 3.21. The smallest absolute Gasteiger partial charge is 0.246 e. The molecular weight excluding hydrogens is 264 g/mol. The van der Waals surface area contributed by atoms with Gasteiger partial charge >= 0.3 is 0 Å². The molecule has 4 nitrogen and oxygen atoms in total. The van der Waals surface area contributed by atoms with E-state index in [0.717, 1.165) is 19.3 Å². The summed E-state index contributed by atoms with van der Waals surface area (Å²) in [4.78, 5) is 26.8. The summed E-state index contributed by atoms with van der Waals surface area (Å²) < 4.78 is 0. The Morgan fingerprint density at radius 1 is 1.14 bits per heavy atom. The van der Waals surface area contributed by atoms with Crippen molar-refractivity contribution in [2.24, 2.45) is 11.3 Å². The number of piperazine rings is 1. The lowest BCUT2D eigenvalue weighted by atomic mass is 9.83. The Morgan fingerprint density at radius 3 is 2.19 bits per heavy atom. The maximum atomic E-state index is 12.8. The van der Waals surface area contributed by atoms with E-state index in [1.165, 1.54) is 0 Å². The van der Waals surface area contributed by atoms with Gasteiger partial charge in [-0.25, -0.2) is 0 Å². The van der Waals surface area contributed by atoms with E-state index in [1.54, 1.807) is 4.90 Å². The van der Waals surface area contributed by atoms with Crippen LogP contribution in [0.3, 0.4) is 0 Å². The first-order valence-electron chi connectivity index (χ1n) is 8.18. The van der Waals surface area contributed by atoms with Gasteiger partial charge in [-0.3, -0.25) is 9.59 Å². The molecule has 3 unspecified atom stereocenters. The molecule has 1 rings (SSSR count). The summed E-state index contributed by atoms with van der Waals surface area (Å²) in [7, 11) is 0. The second-order valence-corrected chi connectivity index (χ2v) is 7.90. The molecule has 0 bridgehead atoms. The minimum atomic E-state index is -0.422. The molecule has 1 fully saturated rings. The number of rotatable bonds is 5. The van der Waals surface area contributed by atoms with Crippen molar-refractivity contribution in [3.63, 3.8) is 0 Å². The standard InChI is InChI=1S/C17H32N2O2/c1-11(2)9-8-10-12(3)19-13(4)15(20)18-14(16(19)21)17(5,6)7/h11-14H,8-10H2,1-7H3,(H,18,20). The molecule has 3 atom stereocenters. The summed E-state index contributed by atoms with van der Waals surface area (Å²) in [5, 5.41) is 2.88. The molecule has 0 radical (unpaired) electrons. The third kappa shape index (κ3) is 4.45. The van der Waals surface area contributed by atoms with E-state index in [-0.39, 0.29) is 29.3 Å². The molecule has 1 N–H and O–H groups in total. The van der Waals surface area contributed by atoms with Crippen molar-refractivity contribution >= 4 is 11.8 Å². The topological polar surface area (TPSA) is 49.4 Å². The summed E-state index contributed by atoms with van der Waals surface area (Å²) >= 11 is 0. The van der Waals surface area contributed by atoms with Gasteiger partial charge in [0.05, 0.1) is 0 Å². The SMILES string of the molecule is CC(C)CCCC(C)N1C(=O)C(C(C)(C)C)NC(=O)C1C. The van der Waals surface area contributed by atoms with Gasteiger partial charge in [-0.2, -0.15) is 0 Å². The van der Waals surface area contributed by atoms with Crippen LogP contribution in [-0.2, 0) is 9.59 Å². The maximum absolute atomic E-state index is 12.8. The second-order valence-electron chi connectivity index (χ2n) is 7.90. The number of nitrogens with one attached hydrogen (secondary N) is 1. The number of hydrogen-bond acceptors (Lipinski definition) is 2. The van der Waals surface area contributed by atoms with Crippen molar-refractivity contribution in [1.82, 2.24) is 10.2 Å². The highest BCUT2D eigenvalue weighted by atomic mass is 16.2. The van der Waals surface area contributed by atoms with Crippen LogP contribution in [0.5, 0.6) is 0 Å². The number of carbonyl (C=O) groups excluding carboxylic acids is 2. The van der Waals surface area contributed by atoms with Gasteiger partial charge in [-0.1, -0.05) is 47.5 Å². The van der Waals surface area contributed by atoms with E-state index in [1.807, 2.05) is 27.7 Å². The van der Waals surface area contributed by atoms with E-state index < -0.39 is 6.04 Å². The number of carbonyl (C=O) groups is 2. The van der Waals surface area contributed by atoms with E-state index in [4.69, 9.17) is 0 Å². The minimum absolute atomic E-state index is 0.0368. The van der Waals surface area contributed by atoms with E-state index >= 15 is 0 Å². The Balaban J connectivity index is 2.81. The van der Waals surface area contributed by atoms with Crippen molar-refractivity contribution in [2.45, 2.75) is 85.9 Å². The summed E-state index contributed by atoms with van der Waals surface area (Å²) in [5.74, 6) is 0.703. The highest BCUT2D eigenvalue weighted by molar-refractivity contribution is 5.97. The molecule has 0 aromatic heterocycles. The molecule has 122 valence electrons. The maximum Gasteiger partial charge on any atom is 0.246 e. The van der Waals surface area contributed by atoms with Crippen LogP contribution in [0.25, 0.3) is 0 Å². The van der Waals surface area contributed by atoms with Crippen LogP contribution in [0.1, 0.15) is 67.7 Å². The van der Waals surface area contributed by atoms with Gasteiger partial charge in [0.2, 0.25) is 11.8 Å². The van der Waals surface area contributed by atoms with Gasteiger partial charge in [0.25, 0.3) is 0 Å². The van der Waals surface area contributed by atoms with Crippen LogP contribution in [0.15, 0.2) is 0 Å². The largest absolute Gasteiger partial charge is 0.342 e. The summed E-state index contributed by atoms with van der Waals surface area (Å²) in [6, 6.07) is -0.680. The number of hydrogen-bond donors (Lipinski definition) is 1. The van der Waals surface area contributed by atoms with Gasteiger partial charge in [0.15, 0.2) is 0 Å². The van der Waals surface area contributed by atoms with Crippen molar-refractivity contribution in [2.75, 3.05) is 0 Å². The quantitative estimate of drug-likeness (QED) is 0.848. The summed E-state index contributed by atoms with van der Waals surface area (Å²) in [6.45, 7) is 14.3. The van der Waals surface area contributed by atoms with E-state index in [0.29, 0.717) is 5.92 Å². The first-order chi connectivity index (χ1) is 9.55. The zero-order valence-electron chi connectivity index (χ0n) is 14.7. The fraction of sp³-hybridized carbons (Fsp3) is 0.882. The Labute approximate surface area is 129 Å². The van der Waals surface area contributed by atoms with Gasteiger partial charge in [-0.05, 0) is 31.6 Å². The van der Waals surface area contributed by atoms with Crippen molar-refractivity contribution in [3.8, 4) is 0 Å². The minimum Gasteiger partial charge on any atom is -0.342 e. The lowest BCUT2D eigenvalue weighted by molar-refractivity contribution is -0.154. The monoisotopic (exact) mass is 296 g/mol. The fourth-order valence-electron chi connectivity index (χ4n) is 2.94. The molecule has 0 spiro atoms. The average Bonchev–Trinajstić information content (AvgIpc) is 2.32. The molecule has 4 heteroatoms. The summed E-state index contributed by atoms with van der Waals surface area (Å²) in [5.41, 5.74) is -0.261. The Kier molecular flexibility index (Phi) is 5.83. The van der Waals surface area contributed by atoms with Gasteiger partial charge in [0, 0.05) is 6.04 Å². The fourth-order valence-corrected chi connectivity index (χ4v) is 2.94. The molecule has 1 aliphatic heterocycles. The molecule has 0 aliphatic carbocycles. The number of nitrogens with zero attached hydrogens (tertiary/aromatic N) is 1. The van der Waals surface area contributed by atoms with E-state index in [2.05, 4.69) is 26.1 Å². The van der Waals surface area contributed by atoms with Crippen LogP contribution >= 0.6 is 0 Å².